The predicted molar refractivity (Wildman–Crippen MR) is 126 cm³/mol. The van der Waals surface area contributed by atoms with E-state index >= 15 is 0 Å². The van der Waals surface area contributed by atoms with Crippen molar-refractivity contribution in [2.75, 3.05) is 5.32 Å². The first-order valence-corrected chi connectivity index (χ1v) is 10.8. The summed E-state index contributed by atoms with van der Waals surface area (Å²) < 4.78 is 8.24. The topological polar surface area (TPSA) is 85.8 Å². The molecule has 0 aliphatic carbocycles. The van der Waals surface area contributed by atoms with Gasteiger partial charge in [-0.1, -0.05) is 44.5 Å². The molecule has 2 heterocycles. The van der Waals surface area contributed by atoms with E-state index in [2.05, 4.69) is 36.7 Å². The summed E-state index contributed by atoms with van der Waals surface area (Å²) in [6.45, 7) is 3.76. The Labute approximate surface area is 192 Å². The van der Waals surface area contributed by atoms with Gasteiger partial charge in [-0.25, -0.2) is 4.68 Å². The molecule has 2 aromatic heterocycles. The molecule has 0 saturated carbocycles. The van der Waals surface area contributed by atoms with Crippen LogP contribution in [0.4, 0.5) is 5.69 Å². The lowest BCUT2D eigenvalue weighted by molar-refractivity contribution is 0.102. The summed E-state index contributed by atoms with van der Waals surface area (Å²) in [5.74, 6) is 0.370. The maximum atomic E-state index is 12.8. The number of hydrogen-bond acceptors (Lipinski definition) is 5. The molecule has 0 aliphatic heterocycles. The summed E-state index contributed by atoms with van der Waals surface area (Å²) in [7, 11) is 0. The van der Waals surface area contributed by atoms with Crippen molar-refractivity contribution in [1.82, 2.24) is 20.2 Å². The van der Waals surface area contributed by atoms with Crippen molar-refractivity contribution >= 4 is 38.4 Å². The van der Waals surface area contributed by atoms with Crippen molar-refractivity contribution in [3.8, 4) is 17.0 Å². The third kappa shape index (κ3) is 3.58. The Morgan fingerprint density at radius 1 is 1.03 bits per heavy atom. The fourth-order valence-corrected chi connectivity index (χ4v) is 3.81. The lowest BCUT2D eigenvalue weighted by Gasteiger charge is -2.07. The maximum Gasteiger partial charge on any atom is 0.278 e. The number of rotatable bonds is 4. The summed E-state index contributed by atoms with van der Waals surface area (Å²) in [6.07, 6.45) is 0. The molecule has 0 fully saturated rings. The molecule has 32 heavy (non-hydrogen) atoms. The quantitative estimate of drug-likeness (QED) is 0.351. The zero-order valence-corrected chi connectivity index (χ0v) is 18.9. The summed E-state index contributed by atoms with van der Waals surface area (Å²) in [5.41, 5.74) is 5.05. The molecular formula is C24H18BrN5O2. The van der Waals surface area contributed by atoms with Crippen LogP contribution in [0.25, 0.3) is 27.9 Å². The fraction of sp³-hybridized carbons (Fsp3) is 0.0833. The van der Waals surface area contributed by atoms with Crippen molar-refractivity contribution in [3.63, 3.8) is 0 Å². The highest BCUT2D eigenvalue weighted by Crippen LogP contribution is 2.31. The molecule has 5 aromatic rings. The van der Waals surface area contributed by atoms with Gasteiger partial charge in [-0.15, -0.1) is 5.10 Å². The molecule has 0 aliphatic rings. The van der Waals surface area contributed by atoms with Gasteiger partial charge in [0.05, 0.1) is 16.8 Å². The van der Waals surface area contributed by atoms with Crippen LogP contribution in [-0.2, 0) is 0 Å². The largest absolute Gasteiger partial charge is 0.355 e. The zero-order valence-electron chi connectivity index (χ0n) is 17.3. The number of fused-ring (bicyclic) bond motifs is 1. The van der Waals surface area contributed by atoms with E-state index in [1.54, 1.807) is 4.68 Å². The van der Waals surface area contributed by atoms with Gasteiger partial charge in [0.15, 0.2) is 11.5 Å². The van der Waals surface area contributed by atoms with Crippen LogP contribution < -0.4 is 5.32 Å². The van der Waals surface area contributed by atoms with Gasteiger partial charge in [-0.05, 0) is 67.9 Å². The molecule has 3 aromatic carbocycles. The van der Waals surface area contributed by atoms with Gasteiger partial charge in [0.2, 0.25) is 0 Å². The van der Waals surface area contributed by atoms with E-state index in [0.29, 0.717) is 11.5 Å². The first-order valence-electron chi connectivity index (χ1n) is 9.96. The summed E-state index contributed by atoms with van der Waals surface area (Å²) in [4.78, 5) is 12.8. The summed E-state index contributed by atoms with van der Waals surface area (Å²) >= 11 is 3.45. The molecule has 0 saturated heterocycles. The smallest absolute Gasteiger partial charge is 0.278 e. The average molecular weight is 488 g/mol. The van der Waals surface area contributed by atoms with Crippen LogP contribution in [0.3, 0.4) is 0 Å². The maximum absolute atomic E-state index is 12.8. The Balaban J connectivity index is 1.50. The van der Waals surface area contributed by atoms with Crippen molar-refractivity contribution in [3.05, 3.63) is 88.2 Å². The number of carbonyl (C=O) groups is 1. The molecule has 0 spiro atoms. The number of nitrogens with zero attached hydrogens (tertiary/aromatic N) is 4. The SMILES string of the molecule is Cc1ccccc1NC(=O)c1nnn(-c2ccc3noc(-c4ccc(Br)cc4)c3c2)c1C. The number of amides is 1. The number of aryl methyl sites for hydroxylation is 1. The van der Waals surface area contributed by atoms with Crippen LogP contribution in [0, 0.1) is 13.8 Å². The van der Waals surface area contributed by atoms with E-state index in [1.165, 1.54) is 0 Å². The number of benzene rings is 3. The molecule has 0 radical (unpaired) electrons. The molecule has 1 amide bonds. The lowest BCUT2D eigenvalue weighted by Crippen LogP contribution is -2.15. The minimum Gasteiger partial charge on any atom is -0.355 e. The summed E-state index contributed by atoms with van der Waals surface area (Å²) in [5, 5.41) is 16.3. The molecule has 0 bridgehead atoms. The van der Waals surface area contributed by atoms with Gasteiger partial charge >= 0.3 is 0 Å². The molecule has 1 N–H and O–H groups in total. The highest BCUT2D eigenvalue weighted by atomic mass is 79.9. The molecule has 158 valence electrons. The molecule has 5 rings (SSSR count). The van der Waals surface area contributed by atoms with Crippen LogP contribution in [0.1, 0.15) is 21.7 Å². The number of hydrogen-bond donors (Lipinski definition) is 1. The van der Waals surface area contributed by atoms with E-state index in [4.69, 9.17) is 4.52 Å². The van der Waals surface area contributed by atoms with E-state index in [1.807, 2.05) is 80.6 Å². The Morgan fingerprint density at radius 2 is 1.81 bits per heavy atom. The normalized spacial score (nSPS) is 11.1. The Kier molecular flexibility index (Phi) is 5.07. The zero-order chi connectivity index (χ0) is 22.2. The van der Waals surface area contributed by atoms with Gasteiger partial charge in [0.1, 0.15) is 5.52 Å². The molecule has 0 atom stereocenters. The number of halogens is 1. The van der Waals surface area contributed by atoms with Crippen molar-refractivity contribution in [1.29, 1.82) is 0 Å². The lowest BCUT2D eigenvalue weighted by atomic mass is 10.1. The monoisotopic (exact) mass is 487 g/mol. The number of anilines is 1. The van der Waals surface area contributed by atoms with Gasteiger partial charge < -0.3 is 9.84 Å². The minimum atomic E-state index is -0.301. The molecule has 0 unspecified atom stereocenters. The van der Waals surface area contributed by atoms with Crippen molar-refractivity contribution in [2.24, 2.45) is 0 Å². The first-order chi connectivity index (χ1) is 15.5. The van der Waals surface area contributed by atoms with Crippen LogP contribution in [0.5, 0.6) is 0 Å². The number of para-hydroxylation sites is 1. The fourth-order valence-electron chi connectivity index (χ4n) is 3.55. The third-order valence-corrected chi connectivity index (χ3v) is 5.84. The summed E-state index contributed by atoms with van der Waals surface area (Å²) in [6, 6.07) is 21.1. The van der Waals surface area contributed by atoms with E-state index < -0.39 is 0 Å². The third-order valence-electron chi connectivity index (χ3n) is 5.31. The van der Waals surface area contributed by atoms with Crippen LogP contribution in [-0.4, -0.2) is 26.1 Å². The number of nitrogens with one attached hydrogen (secondary N) is 1. The highest BCUT2D eigenvalue weighted by Gasteiger charge is 2.19. The van der Waals surface area contributed by atoms with Gasteiger partial charge in [0.25, 0.3) is 5.91 Å². The molecular weight excluding hydrogens is 470 g/mol. The van der Waals surface area contributed by atoms with Crippen LogP contribution in [0.15, 0.2) is 75.7 Å². The average Bonchev–Trinajstić information content (AvgIpc) is 3.39. The van der Waals surface area contributed by atoms with E-state index in [9.17, 15) is 4.79 Å². The standard InChI is InChI=1S/C24H18BrN5O2/c1-14-5-3-4-6-20(14)26-24(31)22-15(2)30(29-27-22)18-11-12-21-19(13-18)23(32-28-21)16-7-9-17(25)10-8-16/h3-13H,1-2H3,(H,26,31). The van der Waals surface area contributed by atoms with Crippen molar-refractivity contribution in [2.45, 2.75) is 13.8 Å². The second-order valence-electron chi connectivity index (χ2n) is 7.42. The predicted octanol–water partition coefficient (Wildman–Crippen LogP) is 5.71. The van der Waals surface area contributed by atoms with Crippen molar-refractivity contribution < 1.29 is 9.32 Å². The Morgan fingerprint density at radius 3 is 2.59 bits per heavy atom. The van der Waals surface area contributed by atoms with Crippen LogP contribution in [0.2, 0.25) is 0 Å². The second kappa shape index (κ2) is 8.05. The Hall–Kier alpha value is -3.78. The van der Waals surface area contributed by atoms with E-state index in [-0.39, 0.29) is 11.6 Å². The molecule has 7 nitrogen and oxygen atoms in total. The minimum absolute atomic E-state index is 0.270. The highest BCUT2D eigenvalue weighted by molar-refractivity contribution is 9.10. The number of carbonyl (C=O) groups excluding carboxylic acids is 1. The number of aromatic nitrogens is 4. The molecule has 8 heteroatoms. The van der Waals surface area contributed by atoms with Gasteiger partial charge in [-0.3, -0.25) is 4.79 Å². The first kappa shape index (κ1) is 20.1. The van der Waals surface area contributed by atoms with Crippen LogP contribution >= 0.6 is 15.9 Å². The van der Waals surface area contributed by atoms with Gasteiger partial charge in [-0.2, -0.15) is 0 Å². The van der Waals surface area contributed by atoms with Gasteiger partial charge in [0, 0.05) is 15.7 Å². The Bertz CT molecular complexity index is 1450. The van der Waals surface area contributed by atoms with E-state index in [0.717, 1.165) is 37.9 Å². The second-order valence-corrected chi connectivity index (χ2v) is 8.34.